The summed E-state index contributed by atoms with van der Waals surface area (Å²) in [4.78, 5) is 12.6. The number of aryl methyl sites for hydroxylation is 1. The average molecular weight is 476 g/mol. The van der Waals surface area contributed by atoms with Gasteiger partial charge in [-0.3, -0.25) is 9.10 Å². The van der Waals surface area contributed by atoms with Crippen LogP contribution in [0.5, 0.6) is 0 Å². The molecule has 1 N–H and O–H groups in total. The lowest BCUT2D eigenvalue weighted by Crippen LogP contribution is -2.39. The second kappa shape index (κ2) is 9.96. The van der Waals surface area contributed by atoms with E-state index in [2.05, 4.69) is 10.5 Å². The summed E-state index contributed by atoms with van der Waals surface area (Å²) in [6.45, 7) is 1.42. The van der Waals surface area contributed by atoms with Gasteiger partial charge in [-0.1, -0.05) is 65.2 Å². The number of amides is 1. The van der Waals surface area contributed by atoms with E-state index in [0.717, 1.165) is 9.87 Å². The molecule has 0 aliphatic heterocycles. The molecule has 0 saturated carbocycles. The summed E-state index contributed by atoms with van der Waals surface area (Å²) in [6.07, 6.45) is 1.39. The van der Waals surface area contributed by atoms with Crippen LogP contribution < -0.4 is 9.73 Å². The predicted molar refractivity (Wildman–Crippen MR) is 124 cm³/mol. The van der Waals surface area contributed by atoms with Gasteiger partial charge in [0.25, 0.3) is 15.9 Å². The Morgan fingerprint density at radius 2 is 1.68 bits per heavy atom. The number of carbonyl (C=O) groups excluding carboxylic acids is 1. The van der Waals surface area contributed by atoms with E-state index < -0.39 is 22.5 Å². The molecule has 3 aromatic rings. The van der Waals surface area contributed by atoms with E-state index in [-0.39, 0.29) is 4.90 Å². The molecule has 0 aliphatic carbocycles. The minimum atomic E-state index is -3.97. The molecule has 31 heavy (non-hydrogen) atoms. The fourth-order valence-corrected chi connectivity index (χ4v) is 4.41. The maximum atomic E-state index is 13.2. The summed E-state index contributed by atoms with van der Waals surface area (Å²) >= 11 is 11.8. The monoisotopic (exact) mass is 475 g/mol. The third kappa shape index (κ3) is 5.85. The molecule has 0 aromatic heterocycles. The van der Waals surface area contributed by atoms with Gasteiger partial charge in [-0.2, -0.15) is 5.10 Å². The van der Waals surface area contributed by atoms with Gasteiger partial charge in [0.1, 0.15) is 6.54 Å². The standard InChI is InChI=1S/C22H19Cl2N3O3S/c1-16-7-10-19(11-8-16)31(29,30)27(18-5-3-2-4-6-18)15-22(28)26-25-14-17-9-12-20(23)21(24)13-17/h2-14H,15H2,1H3,(H,26,28)/b25-14-. The SMILES string of the molecule is Cc1ccc(S(=O)(=O)N(CC(=O)N/N=C\c2ccc(Cl)c(Cl)c2)c2ccccc2)cc1. The minimum Gasteiger partial charge on any atom is -0.271 e. The average Bonchev–Trinajstić information content (AvgIpc) is 2.75. The lowest BCUT2D eigenvalue weighted by atomic mass is 10.2. The van der Waals surface area contributed by atoms with Crippen molar-refractivity contribution < 1.29 is 13.2 Å². The maximum Gasteiger partial charge on any atom is 0.264 e. The van der Waals surface area contributed by atoms with Gasteiger partial charge in [0.2, 0.25) is 0 Å². The van der Waals surface area contributed by atoms with Crippen molar-refractivity contribution in [3.8, 4) is 0 Å². The van der Waals surface area contributed by atoms with Gasteiger partial charge in [-0.05, 0) is 48.9 Å². The van der Waals surface area contributed by atoms with Gasteiger partial charge in [0.05, 0.1) is 26.8 Å². The Bertz CT molecular complexity index is 1200. The molecule has 0 atom stereocenters. The molecule has 1 amide bonds. The van der Waals surface area contributed by atoms with Crippen molar-refractivity contribution in [1.82, 2.24) is 5.43 Å². The normalized spacial score (nSPS) is 11.5. The second-order valence-corrected chi connectivity index (χ2v) is 9.30. The number of benzene rings is 3. The summed E-state index contributed by atoms with van der Waals surface area (Å²) in [5.74, 6) is -0.601. The molecule has 0 saturated heterocycles. The van der Waals surface area contributed by atoms with E-state index >= 15 is 0 Å². The summed E-state index contributed by atoms with van der Waals surface area (Å²) < 4.78 is 27.5. The van der Waals surface area contributed by atoms with Gasteiger partial charge in [0.15, 0.2) is 0 Å². The van der Waals surface area contributed by atoms with Gasteiger partial charge in [-0.15, -0.1) is 0 Å². The first kappa shape index (κ1) is 22.8. The number of hydrogen-bond acceptors (Lipinski definition) is 4. The molecular weight excluding hydrogens is 457 g/mol. The van der Waals surface area contributed by atoms with Crippen LogP contribution in [0.15, 0.2) is 82.8 Å². The molecule has 0 aliphatic rings. The summed E-state index contributed by atoms with van der Waals surface area (Å²) in [6, 6.07) is 19.7. The van der Waals surface area contributed by atoms with Crippen LogP contribution >= 0.6 is 23.2 Å². The highest BCUT2D eigenvalue weighted by molar-refractivity contribution is 7.92. The number of sulfonamides is 1. The highest BCUT2D eigenvalue weighted by Gasteiger charge is 2.27. The first-order valence-electron chi connectivity index (χ1n) is 9.19. The Kier molecular flexibility index (Phi) is 7.33. The summed E-state index contributed by atoms with van der Waals surface area (Å²) in [5, 5.41) is 4.64. The molecule has 0 unspecified atom stereocenters. The quantitative estimate of drug-likeness (QED) is 0.399. The highest BCUT2D eigenvalue weighted by atomic mass is 35.5. The first-order valence-corrected chi connectivity index (χ1v) is 11.4. The number of para-hydroxylation sites is 1. The van der Waals surface area contributed by atoms with E-state index in [1.165, 1.54) is 18.3 Å². The van der Waals surface area contributed by atoms with Crippen molar-refractivity contribution in [2.75, 3.05) is 10.8 Å². The number of halogens is 2. The summed E-state index contributed by atoms with van der Waals surface area (Å²) in [7, 11) is -3.97. The molecular formula is C22H19Cl2N3O3S. The van der Waals surface area contributed by atoms with Gasteiger partial charge in [-0.25, -0.2) is 13.8 Å². The number of rotatable bonds is 7. The minimum absolute atomic E-state index is 0.0917. The molecule has 0 spiro atoms. The third-order valence-electron chi connectivity index (χ3n) is 4.29. The largest absolute Gasteiger partial charge is 0.271 e. The van der Waals surface area contributed by atoms with Crippen LogP contribution in [-0.2, 0) is 14.8 Å². The highest BCUT2D eigenvalue weighted by Crippen LogP contribution is 2.24. The molecule has 0 heterocycles. The van der Waals surface area contributed by atoms with Crippen molar-refractivity contribution in [2.45, 2.75) is 11.8 Å². The van der Waals surface area contributed by atoms with Crippen LogP contribution in [0.3, 0.4) is 0 Å². The Labute approximate surface area is 191 Å². The van der Waals surface area contributed by atoms with Crippen molar-refractivity contribution in [2.24, 2.45) is 5.10 Å². The smallest absolute Gasteiger partial charge is 0.264 e. The molecule has 6 nitrogen and oxygen atoms in total. The van der Waals surface area contributed by atoms with Crippen LogP contribution in [0.2, 0.25) is 10.0 Å². The number of carbonyl (C=O) groups is 1. The van der Waals surface area contributed by atoms with E-state index in [1.54, 1.807) is 60.7 Å². The molecule has 0 radical (unpaired) electrons. The van der Waals surface area contributed by atoms with Crippen molar-refractivity contribution in [1.29, 1.82) is 0 Å². The van der Waals surface area contributed by atoms with E-state index in [0.29, 0.717) is 21.3 Å². The van der Waals surface area contributed by atoms with Crippen molar-refractivity contribution in [3.63, 3.8) is 0 Å². The van der Waals surface area contributed by atoms with E-state index in [9.17, 15) is 13.2 Å². The Hall–Kier alpha value is -2.87. The number of hydrogen-bond donors (Lipinski definition) is 1. The molecule has 0 fully saturated rings. The third-order valence-corrected chi connectivity index (χ3v) is 6.81. The van der Waals surface area contributed by atoms with Crippen molar-refractivity contribution >= 4 is 51.0 Å². The molecule has 3 aromatic carbocycles. The predicted octanol–water partition coefficient (Wildman–Crippen LogP) is 4.65. The van der Waals surface area contributed by atoms with Crippen LogP contribution in [0.25, 0.3) is 0 Å². The van der Waals surface area contributed by atoms with E-state index in [1.807, 2.05) is 6.92 Å². The fraction of sp³-hybridized carbons (Fsp3) is 0.0909. The van der Waals surface area contributed by atoms with Crippen molar-refractivity contribution in [3.05, 3.63) is 94.0 Å². The summed E-state index contributed by atoms with van der Waals surface area (Å²) in [5.41, 5.74) is 4.27. The number of anilines is 1. The lowest BCUT2D eigenvalue weighted by Gasteiger charge is -2.23. The molecule has 160 valence electrons. The zero-order chi connectivity index (χ0) is 22.4. The second-order valence-electron chi connectivity index (χ2n) is 6.63. The van der Waals surface area contributed by atoms with E-state index in [4.69, 9.17) is 23.2 Å². The molecule has 9 heteroatoms. The number of nitrogens with zero attached hydrogens (tertiary/aromatic N) is 2. The Morgan fingerprint density at radius 1 is 1.00 bits per heavy atom. The van der Waals surface area contributed by atoms with Gasteiger partial charge < -0.3 is 0 Å². The Morgan fingerprint density at radius 3 is 2.32 bits per heavy atom. The number of hydrazone groups is 1. The zero-order valence-corrected chi connectivity index (χ0v) is 18.8. The Balaban J connectivity index is 1.80. The molecule has 0 bridgehead atoms. The van der Waals surface area contributed by atoms with Crippen LogP contribution in [0, 0.1) is 6.92 Å². The maximum absolute atomic E-state index is 13.2. The van der Waals surface area contributed by atoms with Crippen LogP contribution in [0.1, 0.15) is 11.1 Å². The number of nitrogens with one attached hydrogen (secondary N) is 1. The van der Waals surface area contributed by atoms with Crippen LogP contribution in [-0.4, -0.2) is 27.1 Å². The first-order chi connectivity index (χ1) is 14.8. The van der Waals surface area contributed by atoms with Gasteiger partial charge in [0, 0.05) is 0 Å². The fourth-order valence-electron chi connectivity index (χ4n) is 2.68. The van der Waals surface area contributed by atoms with Crippen LogP contribution in [0.4, 0.5) is 5.69 Å². The topological polar surface area (TPSA) is 78.8 Å². The zero-order valence-electron chi connectivity index (χ0n) is 16.5. The van der Waals surface area contributed by atoms with Gasteiger partial charge >= 0.3 is 0 Å². The molecule has 3 rings (SSSR count). The lowest BCUT2D eigenvalue weighted by molar-refractivity contribution is -0.119.